The van der Waals surface area contributed by atoms with Gasteiger partial charge in [-0.05, 0) is 30.5 Å². The minimum absolute atomic E-state index is 0.0624. The van der Waals surface area contributed by atoms with Gasteiger partial charge in [0.25, 0.3) is 5.91 Å². The third kappa shape index (κ3) is 3.15. The third-order valence-corrected chi connectivity index (χ3v) is 2.81. The molecule has 0 aromatic heterocycles. The number of carbonyl (C=O) groups is 1. The first kappa shape index (κ1) is 12.7. The van der Waals surface area contributed by atoms with Gasteiger partial charge in [0.15, 0.2) is 11.5 Å². The lowest BCUT2D eigenvalue weighted by Gasteiger charge is -2.18. The molecule has 1 aromatic carbocycles. The lowest BCUT2D eigenvalue weighted by molar-refractivity contribution is 0.0950. The summed E-state index contributed by atoms with van der Waals surface area (Å²) in [6.07, 6.45) is 0.982. The van der Waals surface area contributed by atoms with Gasteiger partial charge in [-0.3, -0.25) is 4.79 Å². The summed E-state index contributed by atoms with van der Waals surface area (Å²) < 4.78 is 10.9. The van der Waals surface area contributed by atoms with E-state index in [1.54, 1.807) is 18.2 Å². The number of hydrogen-bond donors (Lipinski definition) is 1. The van der Waals surface area contributed by atoms with Gasteiger partial charge in [0.05, 0.1) is 0 Å². The number of amides is 1. The summed E-state index contributed by atoms with van der Waals surface area (Å²) in [5, 5.41) is 2.90. The molecular weight excluding hydrogens is 230 g/mol. The fraction of sp³-hybridized carbons (Fsp3) is 0.500. The molecule has 0 radical (unpaired) electrons. The molecule has 4 nitrogen and oxygen atoms in total. The van der Waals surface area contributed by atoms with Gasteiger partial charge < -0.3 is 14.8 Å². The van der Waals surface area contributed by atoms with Crippen molar-refractivity contribution in [1.29, 1.82) is 0 Å². The van der Waals surface area contributed by atoms with E-state index in [2.05, 4.69) is 19.2 Å². The Bertz CT molecular complexity index is 429. The smallest absolute Gasteiger partial charge is 0.251 e. The molecule has 0 bridgehead atoms. The largest absolute Gasteiger partial charge is 0.486 e. The van der Waals surface area contributed by atoms with Gasteiger partial charge in [0.1, 0.15) is 13.2 Å². The SMILES string of the molecule is CC(C)CCNC(=O)c1ccc2c(c1)OCCO2. The standard InChI is InChI=1S/C14H19NO3/c1-10(2)5-6-15-14(16)11-3-4-12-13(9-11)18-8-7-17-12/h3-4,9-10H,5-8H2,1-2H3,(H,15,16). The maximum absolute atomic E-state index is 11.9. The van der Waals surface area contributed by atoms with Gasteiger partial charge in [-0.1, -0.05) is 13.8 Å². The van der Waals surface area contributed by atoms with Crippen molar-refractivity contribution in [3.8, 4) is 11.5 Å². The molecule has 0 unspecified atom stereocenters. The molecule has 0 saturated carbocycles. The fourth-order valence-electron chi connectivity index (χ4n) is 1.76. The molecule has 0 aliphatic carbocycles. The number of carbonyl (C=O) groups excluding carboxylic acids is 1. The van der Waals surface area contributed by atoms with Crippen molar-refractivity contribution < 1.29 is 14.3 Å². The van der Waals surface area contributed by atoms with Crippen LogP contribution in [0.15, 0.2) is 18.2 Å². The second kappa shape index (κ2) is 5.76. The van der Waals surface area contributed by atoms with E-state index >= 15 is 0 Å². The van der Waals surface area contributed by atoms with Crippen LogP contribution in [0, 0.1) is 5.92 Å². The van der Waals surface area contributed by atoms with Gasteiger partial charge in [-0.25, -0.2) is 0 Å². The van der Waals surface area contributed by atoms with Crippen molar-refractivity contribution in [3.63, 3.8) is 0 Å². The van der Waals surface area contributed by atoms with Crippen molar-refractivity contribution in [1.82, 2.24) is 5.32 Å². The van der Waals surface area contributed by atoms with Gasteiger partial charge >= 0.3 is 0 Å². The molecule has 0 saturated heterocycles. The number of fused-ring (bicyclic) bond motifs is 1. The predicted molar refractivity (Wildman–Crippen MR) is 69.2 cm³/mol. The topological polar surface area (TPSA) is 47.6 Å². The van der Waals surface area contributed by atoms with E-state index in [4.69, 9.17) is 9.47 Å². The van der Waals surface area contributed by atoms with Gasteiger partial charge in [-0.15, -0.1) is 0 Å². The lowest BCUT2D eigenvalue weighted by Crippen LogP contribution is -2.25. The minimum Gasteiger partial charge on any atom is -0.486 e. The Morgan fingerprint density at radius 1 is 1.28 bits per heavy atom. The second-order valence-corrected chi connectivity index (χ2v) is 4.80. The quantitative estimate of drug-likeness (QED) is 0.890. The maximum Gasteiger partial charge on any atom is 0.251 e. The van der Waals surface area contributed by atoms with Crippen LogP contribution in [0.3, 0.4) is 0 Å². The first-order chi connectivity index (χ1) is 8.66. The van der Waals surface area contributed by atoms with Gasteiger partial charge in [-0.2, -0.15) is 0 Å². The molecule has 0 spiro atoms. The van der Waals surface area contributed by atoms with Crippen LogP contribution in [0.5, 0.6) is 11.5 Å². The van der Waals surface area contributed by atoms with Crippen LogP contribution >= 0.6 is 0 Å². The molecule has 1 N–H and O–H groups in total. The van der Waals surface area contributed by atoms with Crippen LogP contribution < -0.4 is 14.8 Å². The molecule has 1 aliphatic rings. The molecule has 1 amide bonds. The Labute approximate surface area is 107 Å². The Kier molecular flexibility index (Phi) is 4.07. The Balaban J connectivity index is 1.98. The monoisotopic (exact) mass is 249 g/mol. The predicted octanol–water partition coefficient (Wildman–Crippen LogP) is 2.23. The Morgan fingerprint density at radius 2 is 2.00 bits per heavy atom. The molecule has 1 aromatic rings. The molecule has 18 heavy (non-hydrogen) atoms. The number of hydrogen-bond acceptors (Lipinski definition) is 3. The summed E-state index contributed by atoms with van der Waals surface area (Å²) >= 11 is 0. The summed E-state index contributed by atoms with van der Waals surface area (Å²) in [5.41, 5.74) is 0.614. The van der Waals surface area contributed by atoms with Crippen LogP contribution in [0.2, 0.25) is 0 Å². The van der Waals surface area contributed by atoms with E-state index < -0.39 is 0 Å². The van der Waals surface area contributed by atoms with E-state index in [-0.39, 0.29) is 5.91 Å². The average Bonchev–Trinajstić information content (AvgIpc) is 2.37. The number of ether oxygens (including phenoxy) is 2. The van der Waals surface area contributed by atoms with Crippen LogP contribution in [0.4, 0.5) is 0 Å². The number of rotatable bonds is 4. The second-order valence-electron chi connectivity index (χ2n) is 4.80. The molecule has 0 fully saturated rings. The van der Waals surface area contributed by atoms with Gasteiger partial charge in [0, 0.05) is 12.1 Å². The highest BCUT2D eigenvalue weighted by molar-refractivity contribution is 5.94. The Morgan fingerprint density at radius 3 is 2.72 bits per heavy atom. The first-order valence-corrected chi connectivity index (χ1v) is 6.34. The van der Waals surface area contributed by atoms with Crippen LogP contribution in [-0.2, 0) is 0 Å². The first-order valence-electron chi connectivity index (χ1n) is 6.34. The van der Waals surface area contributed by atoms with E-state index in [0.717, 1.165) is 6.42 Å². The summed E-state index contributed by atoms with van der Waals surface area (Å²) in [4.78, 5) is 11.9. The van der Waals surface area contributed by atoms with Crippen molar-refractivity contribution >= 4 is 5.91 Å². The van der Waals surface area contributed by atoms with Gasteiger partial charge in [0.2, 0.25) is 0 Å². The average molecular weight is 249 g/mol. The number of nitrogens with one attached hydrogen (secondary N) is 1. The summed E-state index contributed by atoms with van der Waals surface area (Å²) in [7, 11) is 0. The summed E-state index contributed by atoms with van der Waals surface area (Å²) in [6, 6.07) is 5.28. The number of benzene rings is 1. The Hall–Kier alpha value is -1.71. The highest BCUT2D eigenvalue weighted by Crippen LogP contribution is 2.30. The zero-order valence-electron chi connectivity index (χ0n) is 10.9. The van der Waals surface area contributed by atoms with E-state index in [1.165, 1.54) is 0 Å². The zero-order valence-corrected chi connectivity index (χ0v) is 10.9. The molecule has 1 aliphatic heterocycles. The summed E-state index contributed by atoms with van der Waals surface area (Å²) in [6.45, 7) is 6.07. The van der Waals surface area contributed by atoms with E-state index in [0.29, 0.717) is 42.7 Å². The highest BCUT2D eigenvalue weighted by Gasteiger charge is 2.14. The van der Waals surface area contributed by atoms with Crippen LogP contribution in [-0.4, -0.2) is 25.7 Å². The molecule has 2 rings (SSSR count). The van der Waals surface area contributed by atoms with E-state index in [9.17, 15) is 4.79 Å². The maximum atomic E-state index is 11.9. The zero-order chi connectivity index (χ0) is 13.0. The highest BCUT2D eigenvalue weighted by atomic mass is 16.6. The van der Waals surface area contributed by atoms with Crippen LogP contribution in [0.25, 0.3) is 0 Å². The van der Waals surface area contributed by atoms with Crippen molar-refractivity contribution in [3.05, 3.63) is 23.8 Å². The van der Waals surface area contributed by atoms with E-state index in [1.807, 2.05) is 0 Å². The normalized spacial score (nSPS) is 13.5. The van der Waals surface area contributed by atoms with Crippen LogP contribution in [0.1, 0.15) is 30.6 Å². The van der Waals surface area contributed by atoms with Crippen molar-refractivity contribution in [2.45, 2.75) is 20.3 Å². The molecule has 0 atom stereocenters. The summed E-state index contributed by atoms with van der Waals surface area (Å²) in [5.74, 6) is 1.89. The minimum atomic E-state index is -0.0624. The molecule has 1 heterocycles. The lowest BCUT2D eigenvalue weighted by atomic mass is 10.1. The fourth-order valence-corrected chi connectivity index (χ4v) is 1.76. The molecule has 4 heteroatoms. The van der Waals surface area contributed by atoms with Crippen molar-refractivity contribution in [2.24, 2.45) is 5.92 Å². The third-order valence-electron chi connectivity index (χ3n) is 2.81. The molecule has 98 valence electrons. The molecular formula is C14H19NO3. The van der Waals surface area contributed by atoms with Crippen molar-refractivity contribution in [2.75, 3.05) is 19.8 Å².